The maximum Gasteiger partial charge on any atom is 0.137 e. The van der Waals surface area contributed by atoms with Crippen molar-refractivity contribution in [3.05, 3.63) is 109 Å². The Morgan fingerprint density at radius 2 is 1.53 bits per heavy atom. The van der Waals surface area contributed by atoms with E-state index in [0.29, 0.717) is 11.3 Å². The average Bonchev–Trinajstić information content (AvgIpc) is 3.42. The summed E-state index contributed by atoms with van der Waals surface area (Å²) in [7, 11) is 0. The second-order valence-electron chi connectivity index (χ2n) is 8.38. The van der Waals surface area contributed by atoms with Crippen LogP contribution in [0.15, 0.2) is 108 Å². The van der Waals surface area contributed by atoms with E-state index in [1.807, 2.05) is 30.3 Å². The minimum absolute atomic E-state index is 0.561. The van der Waals surface area contributed by atoms with Crippen LogP contribution >= 0.6 is 0 Å². The Bertz CT molecular complexity index is 1930. The van der Waals surface area contributed by atoms with Gasteiger partial charge in [-0.25, -0.2) is 0 Å². The molecule has 4 heteroatoms. The van der Waals surface area contributed by atoms with E-state index >= 15 is 0 Å². The van der Waals surface area contributed by atoms with Gasteiger partial charge in [0.15, 0.2) is 0 Å². The van der Waals surface area contributed by atoms with E-state index < -0.39 is 0 Å². The van der Waals surface area contributed by atoms with Gasteiger partial charge in [0.25, 0.3) is 0 Å². The second kappa shape index (κ2) is 7.06. The number of hydrogen-bond acceptors (Lipinski definition) is 3. The fourth-order valence-electron chi connectivity index (χ4n) is 4.98. The normalized spacial score (nSPS) is 11.5. The van der Waals surface area contributed by atoms with E-state index in [4.69, 9.17) is 4.42 Å². The molecule has 0 saturated carbocycles. The third kappa shape index (κ3) is 2.61. The average molecular weight is 435 g/mol. The Labute approximate surface area is 194 Å². The van der Waals surface area contributed by atoms with Crippen LogP contribution in [0.4, 0.5) is 0 Å². The Hall–Kier alpha value is -4.88. The van der Waals surface area contributed by atoms with Crippen LogP contribution in [0.25, 0.3) is 60.7 Å². The molecule has 0 saturated heterocycles. The molecule has 0 N–H and O–H groups in total. The maximum absolute atomic E-state index is 9.57. The Morgan fingerprint density at radius 1 is 0.676 bits per heavy atom. The Kier molecular flexibility index (Phi) is 3.88. The van der Waals surface area contributed by atoms with Crippen LogP contribution in [0, 0.1) is 11.3 Å². The summed E-state index contributed by atoms with van der Waals surface area (Å²) < 4.78 is 8.47. The molecule has 7 rings (SSSR count). The molecule has 0 atom stereocenters. The summed E-state index contributed by atoms with van der Waals surface area (Å²) in [6.07, 6.45) is 1.72. The molecule has 0 unspecified atom stereocenters. The van der Waals surface area contributed by atoms with Gasteiger partial charge in [0, 0.05) is 45.1 Å². The topological polar surface area (TPSA) is 54.8 Å². The number of pyridine rings is 1. The lowest BCUT2D eigenvalue weighted by Crippen LogP contribution is -1.95. The molecule has 0 aliphatic heterocycles. The summed E-state index contributed by atoms with van der Waals surface area (Å²) in [5, 5.41) is 14.2. The van der Waals surface area contributed by atoms with Gasteiger partial charge in [-0.05, 0) is 42.5 Å². The Morgan fingerprint density at radius 3 is 2.44 bits per heavy atom. The van der Waals surface area contributed by atoms with Crippen LogP contribution in [-0.2, 0) is 0 Å². The summed E-state index contributed by atoms with van der Waals surface area (Å²) in [4.78, 5) is 4.49. The van der Waals surface area contributed by atoms with Crippen molar-refractivity contribution in [3.8, 4) is 23.0 Å². The number of hydrogen-bond donors (Lipinski definition) is 0. The van der Waals surface area contributed by atoms with E-state index in [1.54, 1.807) is 18.3 Å². The zero-order valence-corrected chi connectivity index (χ0v) is 18.1. The van der Waals surface area contributed by atoms with Gasteiger partial charge < -0.3 is 8.98 Å². The van der Waals surface area contributed by atoms with E-state index in [2.05, 4.69) is 70.2 Å². The number of fused-ring (bicyclic) bond motifs is 6. The van der Waals surface area contributed by atoms with Crippen LogP contribution in [0.3, 0.4) is 0 Å². The zero-order valence-electron chi connectivity index (χ0n) is 18.1. The first-order chi connectivity index (χ1) is 16.8. The van der Waals surface area contributed by atoms with Gasteiger partial charge in [0.2, 0.25) is 0 Å². The highest BCUT2D eigenvalue weighted by atomic mass is 16.3. The third-order valence-electron chi connectivity index (χ3n) is 6.48. The minimum Gasteiger partial charge on any atom is -0.456 e. The standard InChI is InChI=1S/C30H17N3O/c31-18-20-8-6-14-32-30(20)19-7-5-9-21(15-19)33-26-12-3-1-10-22(26)24-16-25-23-11-2-4-13-28(23)34-29(25)17-27(24)33/h1-17H. The number of aromatic nitrogens is 2. The lowest BCUT2D eigenvalue weighted by atomic mass is 10.1. The molecule has 0 bridgehead atoms. The molecule has 7 aromatic rings. The van der Waals surface area contributed by atoms with Crippen LogP contribution in [0.1, 0.15) is 5.56 Å². The van der Waals surface area contributed by atoms with E-state index in [0.717, 1.165) is 44.2 Å². The van der Waals surface area contributed by atoms with Crippen molar-refractivity contribution >= 4 is 43.7 Å². The lowest BCUT2D eigenvalue weighted by Gasteiger charge is -2.10. The molecule has 0 radical (unpaired) electrons. The van der Waals surface area contributed by atoms with Crippen LogP contribution in [0.2, 0.25) is 0 Å². The van der Waals surface area contributed by atoms with E-state index in [-0.39, 0.29) is 0 Å². The highest BCUT2D eigenvalue weighted by Gasteiger charge is 2.17. The quantitative estimate of drug-likeness (QED) is 0.281. The molecule has 158 valence electrons. The maximum atomic E-state index is 9.57. The molecule has 0 spiro atoms. The van der Waals surface area contributed by atoms with Gasteiger partial charge in [0.05, 0.1) is 22.3 Å². The predicted octanol–water partition coefficient (Wildman–Crippen LogP) is 7.62. The summed E-state index contributed by atoms with van der Waals surface area (Å²) in [6.45, 7) is 0. The van der Waals surface area contributed by atoms with Crippen LogP contribution < -0.4 is 0 Å². The van der Waals surface area contributed by atoms with E-state index in [9.17, 15) is 5.26 Å². The SMILES string of the molecule is N#Cc1cccnc1-c1cccc(-n2c3ccccc3c3cc4c(cc32)oc2ccccc24)c1. The first-order valence-corrected chi connectivity index (χ1v) is 11.1. The first kappa shape index (κ1) is 18.7. The minimum atomic E-state index is 0.561. The molecular formula is C30H17N3O. The molecule has 4 aromatic carbocycles. The third-order valence-corrected chi connectivity index (χ3v) is 6.48. The number of rotatable bonds is 2. The van der Waals surface area contributed by atoms with Gasteiger partial charge in [0.1, 0.15) is 17.2 Å². The summed E-state index contributed by atoms with van der Waals surface area (Å²) in [6, 6.07) is 35.0. The largest absolute Gasteiger partial charge is 0.456 e. The van der Waals surface area contributed by atoms with Gasteiger partial charge in [-0.3, -0.25) is 4.98 Å². The summed E-state index contributed by atoms with van der Waals surface area (Å²) in [5.74, 6) is 0. The van der Waals surface area contributed by atoms with Crippen LogP contribution in [0.5, 0.6) is 0 Å². The smallest absolute Gasteiger partial charge is 0.137 e. The molecule has 3 heterocycles. The first-order valence-electron chi connectivity index (χ1n) is 11.1. The van der Waals surface area contributed by atoms with Gasteiger partial charge in [-0.1, -0.05) is 48.5 Å². The van der Waals surface area contributed by atoms with Crippen molar-refractivity contribution in [2.75, 3.05) is 0 Å². The lowest BCUT2D eigenvalue weighted by molar-refractivity contribution is 0.669. The zero-order chi connectivity index (χ0) is 22.6. The van der Waals surface area contributed by atoms with Crippen LogP contribution in [-0.4, -0.2) is 9.55 Å². The van der Waals surface area contributed by atoms with Gasteiger partial charge in [-0.2, -0.15) is 5.26 Å². The molecule has 3 aromatic heterocycles. The molecule has 0 amide bonds. The second-order valence-corrected chi connectivity index (χ2v) is 8.38. The van der Waals surface area contributed by atoms with Crippen molar-refractivity contribution in [1.29, 1.82) is 5.26 Å². The number of nitriles is 1. The molecule has 0 aliphatic carbocycles. The Balaban J connectivity index is 1.56. The van der Waals surface area contributed by atoms with Gasteiger partial charge >= 0.3 is 0 Å². The van der Waals surface area contributed by atoms with Crippen molar-refractivity contribution in [1.82, 2.24) is 9.55 Å². The van der Waals surface area contributed by atoms with Crippen molar-refractivity contribution in [2.24, 2.45) is 0 Å². The summed E-state index contributed by atoms with van der Waals surface area (Å²) >= 11 is 0. The number of benzene rings is 4. The fourth-order valence-corrected chi connectivity index (χ4v) is 4.98. The highest BCUT2D eigenvalue weighted by Crippen LogP contribution is 2.38. The molecule has 0 aliphatic rings. The van der Waals surface area contributed by atoms with E-state index in [1.165, 1.54) is 10.8 Å². The number of furan rings is 1. The van der Waals surface area contributed by atoms with Gasteiger partial charge in [-0.15, -0.1) is 0 Å². The van der Waals surface area contributed by atoms with Crippen molar-refractivity contribution in [3.63, 3.8) is 0 Å². The highest BCUT2D eigenvalue weighted by molar-refractivity contribution is 6.17. The summed E-state index contributed by atoms with van der Waals surface area (Å²) in [5.41, 5.74) is 7.12. The monoisotopic (exact) mass is 435 g/mol. The number of nitrogens with zero attached hydrogens (tertiary/aromatic N) is 3. The van der Waals surface area contributed by atoms with Crippen molar-refractivity contribution in [2.45, 2.75) is 0 Å². The molecule has 4 nitrogen and oxygen atoms in total. The predicted molar refractivity (Wildman–Crippen MR) is 136 cm³/mol. The molecule has 34 heavy (non-hydrogen) atoms. The molecular weight excluding hydrogens is 418 g/mol. The van der Waals surface area contributed by atoms with Crippen molar-refractivity contribution < 1.29 is 4.42 Å². The number of para-hydroxylation sites is 2. The fraction of sp³-hybridized carbons (Fsp3) is 0. The molecule has 0 fully saturated rings.